The first kappa shape index (κ1) is 30.9. The number of halogens is 2. The third-order valence-corrected chi connectivity index (χ3v) is 9.15. The highest BCUT2D eigenvalue weighted by Crippen LogP contribution is 2.35. The second kappa shape index (κ2) is 15.2. The monoisotopic (exact) mass is 535 g/mol. The van der Waals surface area contributed by atoms with Crippen molar-refractivity contribution in [1.82, 2.24) is 10.6 Å². The van der Waals surface area contributed by atoms with Crippen LogP contribution in [0.15, 0.2) is 42.5 Å². The molecule has 8 heteroatoms. The molecule has 0 bridgehead atoms. The van der Waals surface area contributed by atoms with Crippen LogP contribution in [0.3, 0.4) is 0 Å². The van der Waals surface area contributed by atoms with Crippen LogP contribution in [-0.4, -0.2) is 32.2 Å². The lowest BCUT2D eigenvalue weighted by molar-refractivity contribution is -0.121. The average molecular weight is 536 g/mol. The number of benzene rings is 2. The highest BCUT2D eigenvalue weighted by molar-refractivity contribution is 7.92. The van der Waals surface area contributed by atoms with Crippen molar-refractivity contribution in [3.8, 4) is 0 Å². The van der Waals surface area contributed by atoms with Crippen molar-refractivity contribution < 1.29 is 22.0 Å². The molecule has 2 atom stereocenters. The summed E-state index contributed by atoms with van der Waals surface area (Å²) in [5, 5.41) is 4.09. The van der Waals surface area contributed by atoms with E-state index in [-0.39, 0.29) is 17.9 Å². The van der Waals surface area contributed by atoms with Gasteiger partial charge in [-0.2, -0.15) is 0 Å². The Morgan fingerprint density at radius 1 is 0.946 bits per heavy atom. The maximum absolute atomic E-state index is 14.3. The van der Waals surface area contributed by atoms with Gasteiger partial charge in [-0.1, -0.05) is 64.8 Å². The summed E-state index contributed by atoms with van der Waals surface area (Å²) in [5.41, 5.74) is 2.31. The number of sulfone groups is 1. The van der Waals surface area contributed by atoms with Gasteiger partial charge in [0.15, 0.2) is 9.84 Å². The molecule has 205 valence electrons. The fourth-order valence-corrected chi connectivity index (χ4v) is 7.24. The Balaban J connectivity index is 2.41. The molecule has 0 fully saturated rings. The minimum absolute atomic E-state index is 0.00278. The Morgan fingerprint density at radius 2 is 1.57 bits per heavy atom. The van der Waals surface area contributed by atoms with Gasteiger partial charge in [-0.15, -0.1) is 0 Å². The molecule has 2 aromatic carbocycles. The molecule has 2 N–H and O–H groups in total. The molecule has 37 heavy (non-hydrogen) atoms. The van der Waals surface area contributed by atoms with Crippen LogP contribution in [0, 0.1) is 18.1 Å². The van der Waals surface area contributed by atoms with Crippen molar-refractivity contribution in [3.63, 3.8) is 0 Å². The topological polar surface area (TPSA) is 75.3 Å². The molecule has 0 heterocycles. The van der Waals surface area contributed by atoms with Crippen LogP contribution in [-0.2, 0) is 27.6 Å². The SMILES string of the molecule is CCCC(CCC)S(=O)(=O)C(c1cc(F)cc(F)c1)[C@H]([CH]CNCc1cccc(CC)c1)NC(=O)CC. The Bertz CT molecular complexity index is 1080. The van der Waals surface area contributed by atoms with Gasteiger partial charge in [0.05, 0.1) is 11.3 Å². The Hall–Kier alpha value is -2.32. The number of hydrogen-bond donors (Lipinski definition) is 2. The zero-order chi connectivity index (χ0) is 27.4. The number of rotatable bonds is 16. The van der Waals surface area contributed by atoms with Crippen molar-refractivity contribution in [2.45, 2.75) is 89.3 Å². The Morgan fingerprint density at radius 3 is 2.14 bits per heavy atom. The molecule has 0 aromatic heterocycles. The van der Waals surface area contributed by atoms with E-state index in [2.05, 4.69) is 29.7 Å². The van der Waals surface area contributed by atoms with E-state index in [1.807, 2.05) is 26.0 Å². The zero-order valence-electron chi connectivity index (χ0n) is 22.4. The molecule has 0 aliphatic carbocycles. The van der Waals surface area contributed by atoms with Gasteiger partial charge in [0.2, 0.25) is 5.91 Å². The number of hydrogen-bond acceptors (Lipinski definition) is 4. The number of amides is 1. The molecule has 0 aliphatic heterocycles. The maximum Gasteiger partial charge on any atom is 0.219 e. The summed E-state index contributed by atoms with van der Waals surface area (Å²) in [5.74, 6) is -2.05. The molecule has 2 aromatic rings. The van der Waals surface area contributed by atoms with Crippen molar-refractivity contribution in [2.24, 2.45) is 0 Å². The number of carbonyl (C=O) groups is 1. The predicted molar refractivity (Wildman–Crippen MR) is 146 cm³/mol. The minimum Gasteiger partial charge on any atom is -0.351 e. The molecule has 0 saturated carbocycles. The van der Waals surface area contributed by atoms with Crippen LogP contribution in [0.2, 0.25) is 0 Å². The van der Waals surface area contributed by atoms with Crippen molar-refractivity contribution in [3.05, 3.63) is 77.2 Å². The number of nitrogens with one attached hydrogen (secondary N) is 2. The summed E-state index contributed by atoms with van der Waals surface area (Å²) in [6.07, 6.45) is 4.95. The summed E-state index contributed by atoms with van der Waals surface area (Å²) >= 11 is 0. The largest absolute Gasteiger partial charge is 0.351 e. The lowest BCUT2D eigenvalue weighted by Gasteiger charge is -2.32. The van der Waals surface area contributed by atoms with Crippen molar-refractivity contribution in [1.29, 1.82) is 0 Å². The molecule has 5 nitrogen and oxygen atoms in total. The van der Waals surface area contributed by atoms with E-state index in [9.17, 15) is 22.0 Å². The van der Waals surface area contributed by atoms with E-state index >= 15 is 0 Å². The predicted octanol–water partition coefficient (Wildman–Crippen LogP) is 5.84. The van der Waals surface area contributed by atoms with Crippen LogP contribution >= 0.6 is 0 Å². The molecule has 1 radical (unpaired) electrons. The van der Waals surface area contributed by atoms with Crippen LogP contribution in [0.4, 0.5) is 8.78 Å². The zero-order valence-corrected chi connectivity index (χ0v) is 23.2. The van der Waals surface area contributed by atoms with E-state index in [1.165, 1.54) is 5.56 Å². The Labute approximate surface area is 221 Å². The number of carbonyl (C=O) groups excluding carboxylic acids is 1. The van der Waals surface area contributed by atoms with Gasteiger partial charge < -0.3 is 10.6 Å². The van der Waals surface area contributed by atoms with Gasteiger partial charge in [0.1, 0.15) is 16.9 Å². The van der Waals surface area contributed by atoms with Crippen LogP contribution in [0.5, 0.6) is 0 Å². The summed E-state index contributed by atoms with van der Waals surface area (Å²) in [4.78, 5) is 12.5. The minimum atomic E-state index is -3.93. The average Bonchev–Trinajstić information content (AvgIpc) is 2.85. The van der Waals surface area contributed by atoms with Crippen LogP contribution in [0.25, 0.3) is 0 Å². The summed E-state index contributed by atoms with van der Waals surface area (Å²) in [6.45, 7) is 8.43. The van der Waals surface area contributed by atoms with E-state index < -0.39 is 38.0 Å². The van der Waals surface area contributed by atoms with E-state index in [4.69, 9.17) is 0 Å². The van der Waals surface area contributed by atoms with Gasteiger partial charge in [-0.25, -0.2) is 17.2 Å². The first-order valence-electron chi connectivity index (χ1n) is 13.3. The molecular weight excluding hydrogens is 494 g/mol. The molecule has 0 spiro atoms. The van der Waals surface area contributed by atoms with E-state index in [0.29, 0.717) is 38.8 Å². The molecular formula is C29H41F2N2O3S. The van der Waals surface area contributed by atoms with Gasteiger partial charge in [-0.05, 0) is 54.5 Å². The van der Waals surface area contributed by atoms with Crippen molar-refractivity contribution >= 4 is 15.7 Å². The maximum atomic E-state index is 14.3. The molecule has 0 saturated heterocycles. The highest BCUT2D eigenvalue weighted by atomic mass is 32.2. The smallest absolute Gasteiger partial charge is 0.219 e. The molecule has 1 amide bonds. The van der Waals surface area contributed by atoms with Crippen molar-refractivity contribution in [2.75, 3.05) is 6.54 Å². The quantitative estimate of drug-likeness (QED) is 0.265. The Kier molecular flexibility index (Phi) is 12.7. The fourth-order valence-electron chi connectivity index (χ4n) is 4.60. The number of aryl methyl sites for hydroxylation is 1. The highest BCUT2D eigenvalue weighted by Gasteiger charge is 2.40. The van der Waals surface area contributed by atoms with E-state index in [1.54, 1.807) is 13.3 Å². The summed E-state index contributed by atoms with van der Waals surface area (Å²) < 4.78 is 56.6. The third kappa shape index (κ3) is 9.18. The summed E-state index contributed by atoms with van der Waals surface area (Å²) in [6, 6.07) is 10.0. The van der Waals surface area contributed by atoms with Gasteiger partial charge in [0.25, 0.3) is 0 Å². The second-order valence-corrected chi connectivity index (χ2v) is 11.8. The standard InChI is InChI=1S/C29H41F2N2O3S/c1-5-10-26(11-6-2)37(35,36)29(23-17-24(30)19-25(31)18-23)27(33-28(34)8-4)14-15-32-20-22-13-9-12-21(7-3)16-22/h9,12-14,16-19,26-27,29,32H,5-8,10-11,15,20H2,1-4H3,(H,33,34)/t27-,29?/m0/s1. The second-order valence-electron chi connectivity index (χ2n) is 9.40. The third-order valence-electron chi connectivity index (χ3n) is 6.47. The molecule has 1 unspecified atom stereocenters. The molecule has 2 rings (SSSR count). The normalized spacial score (nSPS) is 13.5. The van der Waals surface area contributed by atoms with Crippen LogP contribution in [0.1, 0.15) is 81.7 Å². The first-order valence-corrected chi connectivity index (χ1v) is 14.9. The fraction of sp³-hybridized carbons (Fsp3) is 0.517. The first-order chi connectivity index (χ1) is 17.7. The van der Waals surface area contributed by atoms with Crippen LogP contribution < -0.4 is 10.6 Å². The lowest BCUT2D eigenvalue weighted by atomic mass is 10.0. The van der Waals surface area contributed by atoms with E-state index in [0.717, 1.165) is 30.2 Å². The van der Waals surface area contributed by atoms with Gasteiger partial charge in [0, 0.05) is 25.6 Å². The summed E-state index contributed by atoms with van der Waals surface area (Å²) in [7, 11) is -3.93. The lowest BCUT2D eigenvalue weighted by Crippen LogP contribution is -2.46. The van der Waals surface area contributed by atoms with Gasteiger partial charge in [-0.3, -0.25) is 4.79 Å². The molecule has 0 aliphatic rings. The van der Waals surface area contributed by atoms with Gasteiger partial charge >= 0.3 is 0 Å².